The van der Waals surface area contributed by atoms with Crippen molar-refractivity contribution in [2.45, 2.75) is 19.2 Å². The highest BCUT2D eigenvalue weighted by atomic mass is 19.4. The molecule has 8 heteroatoms. The largest absolute Gasteiger partial charge is 0.489 e. The molecular formula is C19H17F3N4O. The maximum absolute atomic E-state index is 12.6. The smallest absolute Gasteiger partial charge is 0.416 e. The van der Waals surface area contributed by atoms with Crippen molar-refractivity contribution in [1.29, 1.82) is 0 Å². The van der Waals surface area contributed by atoms with Crippen molar-refractivity contribution >= 4 is 6.21 Å². The lowest BCUT2D eigenvalue weighted by atomic mass is 10.1. The maximum Gasteiger partial charge on any atom is 0.416 e. The minimum Gasteiger partial charge on any atom is -0.489 e. The van der Waals surface area contributed by atoms with Crippen LogP contribution < -0.4 is 4.74 Å². The molecule has 0 aliphatic carbocycles. The van der Waals surface area contributed by atoms with Crippen LogP contribution in [0.2, 0.25) is 0 Å². The summed E-state index contributed by atoms with van der Waals surface area (Å²) >= 11 is 0. The van der Waals surface area contributed by atoms with E-state index in [0.717, 1.165) is 23.4 Å². The zero-order valence-electron chi connectivity index (χ0n) is 14.5. The molecule has 5 nitrogen and oxygen atoms in total. The normalized spacial score (nSPS) is 11.9. The van der Waals surface area contributed by atoms with E-state index in [0.29, 0.717) is 23.4 Å². The summed E-state index contributed by atoms with van der Waals surface area (Å²) in [5, 5.41) is 10.7. The Morgan fingerprint density at radius 1 is 1.07 bits per heavy atom. The number of hydrogen-bond donors (Lipinski definition) is 1. The molecule has 1 aromatic heterocycles. The van der Waals surface area contributed by atoms with E-state index >= 15 is 0 Å². The van der Waals surface area contributed by atoms with Crippen LogP contribution in [-0.2, 0) is 19.2 Å². The van der Waals surface area contributed by atoms with Crippen LogP contribution in [0.1, 0.15) is 28.1 Å². The summed E-state index contributed by atoms with van der Waals surface area (Å²) in [7, 11) is 1.65. The number of aromatic amines is 1. The number of nitrogens with one attached hydrogen (secondary N) is 1. The second kappa shape index (κ2) is 8.03. The van der Waals surface area contributed by atoms with Gasteiger partial charge in [-0.15, -0.1) is 0 Å². The molecule has 0 saturated heterocycles. The van der Waals surface area contributed by atoms with Crippen LogP contribution in [0, 0.1) is 0 Å². The number of aromatic nitrogens is 3. The summed E-state index contributed by atoms with van der Waals surface area (Å²) in [5.74, 6) is 0.639. The highest BCUT2D eigenvalue weighted by Gasteiger charge is 2.29. The van der Waals surface area contributed by atoms with Crippen molar-refractivity contribution in [2.24, 2.45) is 4.99 Å². The molecule has 0 radical (unpaired) electrons. The van der Waals surface area contributed by atoms with E-state index in [-0.39, 0.29) is 6.61 Å². The van der Waals surface area contributed by atoms with Crippen LogP contribution in [0.4, 0.5) is 13.2 Å². The van der Waals surface area contributed by atoms with E-state index in [2.05, 4.69) is 20.4 Å². The summed E-state index contributed by atoms with van der Waals surface area (Å²) < 4.78 is 43.7. The zero-order chi connectivity index (χ0) is 19.3. The number of aliphatic imine (C=N–C) groups is 1. The minimum absolute atomic E-state index is 0.164. The van der Waals surface area contributed by atoms with E-state index in [1.54, 1.807) is 13.3 Å². The molecule has 0 unspecified atom stereocenters. The fourth-order valence-corrected chi connectivity index (χ4v) is 2.54. The second-order valence-electron chi connectivity index (χ2n) is 5.81. The third-order valence-corrected chi connectivity index (χ3v) is 3.91. The van der Waals surface area contributed by atoms with Gasteiger partial charge < -0.3 is 4.74 Å². The van der Waals surface area contributed by atoms with Crippen LogP contribution in [0.15, 0.2) is 53.5 Å². The van der Waals surface area contributed by atoms with Crippen LogP contribution in [0.5, 0.6) is 5.75 Å². The lowest BCUT2D eigenvalue weighted by Crippen LogP contribution is -2.05. The van der Waals surface area contributed by atoms with Crippen molar-refractivity contribution in [3.8, 4) is 5.75 Å². The molecule has 0 fully saturated rings. The van der Waals surface area contributed by atoms with Gasteiger partial charge in [0.25, 0.3) is 0 Å². The molecular weight excluding hydrogens is 357 g/mol. The molecule has 1 N–H and O–H groups in total. The average molecular weight is 374 g/mol. The van der Waals surface area contributed by atoms with Crippen LogP contribution in [0.25, 0.3) is 0 Å². The Morgan fingerprint density at radius 2 is 1.81 bits per heavy atom. The summed E-state index contributed by atoms with van der Waals surface area (Å²) in [4.78, 5) is 3.94. The van der Waals surface area contributed by atoms with Crippen LogP contribution >= 0.6 is 0 Å². The van der Waals surface area contributed by atoms with Crippen molar-refractivity contribution in [1.82, 2.24) is 15.4 Å². The third kappa shape index (κ3) is 4.72. The molecule has 0 aliphatic rings. The van der Waals surface area contributed by atoms with Gasteiger partial charge in [0.1, 0.15) is 18.1 Å². The Morgan fingerprint density at radius 3 is 2.52 bits per heavy atom. The van der Waals surface area contributed by atoms with E-state index in [4.69, 9.17) is 4.74 Å². The number of alkyl halides is 3. The summed E-state index contributed by atoms with van der Waals surface area (Å²) in [6, 6.07) is 12.4. The predicted molar refractivity (Wildman–Crippen MR) is 94.9 cm³/mol. The van der Waals surface area contributed by atoms with E-state index in [1.165, 1.54) is 12.1 Å². The number of H-pyrrole nitrogens is 1. The zero-order valence-corrected chi connectivity index (χ0v) is 14.5. The number of benzene rings is 2. The molecule has 0 atom stereocenters. The van der Waals surface area contributed by atoms with Gasteiger partial charge in [-0.2, -0.15) is 28.6 Å². The molecule has 0 saturated carbocycles. The number of ether oxygens (including phenoxy) is 1. The van der Waals surface area contributed by atoms with Gasteiger partial charge in [-0.25, -0.2) is 0 Å². The molecule has 27 heavy (non-hydrogen) atoms. The molecule has 0 aliphatic heterocycles. The van der Waals surface area contributed by atoms with Gasteiger partial charge in [0, 0.05) is 19.0 Å². The van der Waals surface area contributed by atoms with Gasteiger partial charge in [-0.3, -0.25) is 4.99 Å². The number of halogens is 3. The second-order valence-corrected chi connectivity index (χ2v) is 5.81. The Bertz CT molecular complexity index is 917. The fraction of sp³-hybridized carbons (Fsp3) is 0.211. The van der Waals surface area contributed by atoms with E-state index in [9.17, 15) is 13.2 Å². The molecule has 1 heterocycles. The summed E-state index contributed by atoms with van der Waals surface area (Å²) in [5.41, 5.74) is 2.24. The summed E-state index contributed by atoms with van der Waals surface area (Å²) in [6.07, 6.45) is -2.24. The van der Waals surface area contributed by atoms with Crippen LogP contribution in [-0.4, -0.2) is 28.7 Å². The summed E-state index contributed by atoms with van der Waals surface area (Å²) in [6.45, 7) is 0.164. The Balaban J connectivity index is 1.72. The van der Waals surface area contributed by atoms with Crippen LogP contribution in [0.3, 0.4) is 0 Å². The van der Waals surface area contributed by atoms with Gasteiger partial charge in [0.05, 0.1) is 17.5 Å². The van der Waals surface area contributed by atoms with E-state index in [1.807, 2.05) is 24.3 Å². The quantitative estimate of drug-likeness (QED) is 0.663. The van der Waals surface area contributed by atoms with Crippen molar-refractivity contribution < 1.29 is 17.9 Å². The first-order chi connectivity index (χ1) is 13.0. The third-order valence-electron chi connectivity index (χ3n) is 3.91. The van der Waals surface area contributed by atoms with Crippen molar-refractivity contribution in [2.75, 3.05) is 7.05 Å². The molecule has 2 aromatic carbocycles. The number of hydrogen-bond acceptors (Lipinski definition) is 4. The molecule has 140 valence electrons. The number of para-hydroxylation sites is 1. The first-order valence-corrected chi connectivity index (χ1v) is 8.16. The van der Waals surface area contributed by atoms with Crippen molar-refractivity contribution in [3.05, 3.63) is 76.6 Å². The Hall–Kier alpha value is -3.16. The first kappa shape index (κ1) is 18.6. The van der Waals surface area contributed by atoms with Gasteiger partial charge in [0.2, 0.25) is 0 Å². The Labute approximate surface area is 153 Å². The van der Waals surface area contributed by atoms with E-state index < -0.39 is 11.7 Å². The molecule has 3 rings (SSSR count). The molecule has 0 amide bonds. The average Bonchev–Trinajstić information content (AvgIpc) is 3.08. The maximum atomic E-state index is 12.6. The molecule has 0 bridgehead atoms. The predicted octanol–water partition coefficient (Wildman–Crippen LogP) is 4.04. The lowest BCUT2D eigenvalue weighted by molar-refractivity contribution is -0.137. The minimum atomic E-state index is -4.34. The monoisotopic (exact) mass is 374 g/mol. The highest BCUT2D eigenvalue weighted by molar-refractivity contribution is 5.78. The lowest BCUT2D eigenvalue weighted by Gasteiger charge is -2.12. The SMILES string of the molecule is CN=Cc1n[nH]nc1Cc1ccccc1OCc1ccc(C(F)(F)F)cc1. The van der Waals surface area contributed by atoms with Gasteiger partial charge in [-0.05, 0) is 23.8 Å². The number of rotatable bonds is 6. The fourth-order valence-electron chi connectivity index (χ4n) is 2.54. The molecule has 0 spiro atoms. The van der Waals surface area contributed by atoms with Gasteiger partial charge in [0.15, 0.2) is 0 Å². The topological polar surface area (TPSA) is 63.2 Å². The van der Waals surface area contributed by atoms with Gasteiger partial charge >= 0.3 is 6.18 Å². The van der Waals surface area contributed by atoms with Crippen molar-refractivity contribution in [3.63, 3.8) is 0 Å². The Kier molecular flexibility index (Phi) is 5.54. The number of nitrogens with zero attached hydrogens (tertiary/aromatic N) is 3. The highest BCUT2D eigenvalue weighted by Crippen LogP contribution is 2.29. The first-order valence-electron chi connectivity index (χ1n) is 8.16. The van der Waals surface area contributed by atoms with Gasteiger partial charge in [-0.1, -0.05) is 30.3 Å². The molecule has 3 aromatic rings. The standard InChI is InChI=1S/C19H17F3N4O/c1-23-11-17-16(24-26-25-17)10-14-4-2-3-5-18(14)27-12-13-6-8-15(9-7-13)19(20,21)22/h2-9,11H,10,12H2,1H3,(H,24,25,26).